The number of hydrogen-bond acceptors (Lipinski definition) is 9. The Labute approximate surface area is 272 Å². The number of benzene rings is 2. The number of fused-ring (bicyclic) bond motifs is 7. The fraction of sp³-hybridized carbons (Fsp3) is 0.444. The van der Waals surface area contributed by atoms with Crippen LogP contribution in [0, 0.1) is 0 Å². The van der Waals surface area contributed by atoms with Gasteiger partial charge in [0.2, 0.25) is 11.4 Å². The number of hydroxylamine groups is 1. The zero-order valence-corrected chi connectivity index (χ0v) is 27.3. The Balaban J connectivity index is 1.09. The van der Waals surface area contributed by atoms with E-state index in [9.17, 15) is 9.59 Å². The molecule has 2 aromatic heterocycles. The number of carbonyl (C=O) groups is 1. The van der Waals surface area contributed by atoms with Crippen LogP contribution in [0.2, 0.25) is 0 Å². The Kier molecular flexibility index (Phi) is 6.86. The number of nitrogens with zero attached hydrogens (tertiary/aromatic N) is 3. The number of carbonyl (C=O) groups excluding carboxylic acids is 1. The largest absolute Gasteiger partial charge is 0.363 e. The van der Waals surface area contributed by atoms with Gasteiger partial charge in [-0.1, -0.05) is 18.2 Å². The van der Waals surface area contributed by atoms with Crippen LogP contribution in [0.25, 0.3) is 16.7 Å². The van der Waals surface area contributed by atoms with E-state index in [2.05, 4.69) is 53.9 Å². The summed E-state index contributed by atoms with van der Waals surface area (Å²) in [6.45, 7) is 8.24. The van der Waals surface area contributed by atoms with Crippen molar-refractivity contribution in [3.63, 3.8) is 0 Å². The van der Waals surface area contributed by atoms with Gasteiger partial charge in [0.15, 0.2) is 11.4 Å². The number of nitrogens with one attached hydrogen (secondary N) is 2. The molecule has 2 bridgehead atoms. The minimum atomic E-state index is -0.635. The summed E-state index contributed by atoms with van der Waals surface area (Å²) < 4.78 is 21.0. The molecule has 5 atom stereocenters. The predicted octanol–water partition coefficient (Wildman–Crippen LogP) is 5.25. The van der Waals surface area contributed by atoms with E-state index in [1.54, 1.807) is 4.57 Å². The van der Waals surface area contributed by atoms with Crippen LogP contribution in [-0.4, -0.2) is 56.7 Å². The van der Waals surface area contributed by atoms with E-state index in [4.69, 9.17) is 24.0 Å². The second-order valence-electron chi connectivity index (χ2n) is 14.2. The summed E-state index contributed by atoms with van der Waals surface area (Å²) in [7, 11) is 1.33. The molecule has 0 spiro atoms. The van der Waals surface area contributed by atoms with Crippen molar-refractivity contribution in [3.8, 4) is 5.69 Å². The van der Waals surface area contributed by atoms with Gasteiger partial charge in [0.1, 0.15) is 17.8 Å². The number of aromatic nitrogens is 3. The van der Waals surface area contributed by atoms with Crippen molar-refractivity contribution in [1.29, 1.82) is 0 Å². The zero-order chi connectivity index (χ0) is 32.7. The number of hydrogen-bond donors (Lipinski definition) is 2. The Morgan fingerprint density at radius 1 is 0.979 bits per heavy atom. The molecule has 1 amide bonds. The van der Waals surface area contributed by atoms with Gasteiger partial charge in [-0.15, -0.1) is 0 Å². The first-order chi connectivity index (χ1) is 22.5. The molecule has 2 aromatic carbocycles. The molecule has 11 nitrogen and oxygen atoms in total. The van der Waals surface area contributed by atoms with Crippen LogP contribution in [0.1, 0.15) is 79.9 Å². The van der Waals surface area contributed by atoms with E-state index in [-0.39, 0.29) is 29.1 Å². The van der Waals surface area contributed by atoms with E-state index in [1.807, 2.05) is 32.0 Å². The molecule has 8 rings (SSSR count). The fourth-order valence-corrected chi connectivity index (χ4v) is 8.26. The van der Waals surface area contributed by atoms with E-state index >= 15 is 0 Å². The molecule has 4 aromatic rings. The SMILES string of the molecule is CONC(=O)c1cn(-c2ccc3c(c2)CCC3)c2nc(Nc3ccc(C4C[C@@]5(C)O[C@@](C)(C4)C4OC(C)(C)OC45)cc3)ncc2c1=O. The minimum Gasteiger partial charge on any atom is -0.363 e. The average Bonchev–Trinajstić information content (AvgIpc) is 3.68. The molecule has 47 heavy (non-hydrogen) atoms. The van der Waals surface area contributed by atoms with Gasteiger partial charge < -0.3 is 24.1 Å². The van der Waals surface area contributed by atoms with Crippen LogP contribution in [0.5, 0.6) is 0 Å². The second-order valence-corrected chi connectivity index (χ2v) is 14.2. The summed E-state index contributed by atoms with van der Waals surface area (Å²) in [4.78, 5) is 40.2. The van der Waals surface area contributed by atoms with E-state index in [0.29, 0.717) is 11.6 Å². The lowest BCUT2D eigenvalue weighted by atomic mass is 9.80. The first kappa shape index (κ1) is 30.2. The Morgan fingerprint density at radius 3 is 2.38 bits per heavy atom. The van der Waals surface area contributed by atoms with Crippen LogP contribution in [-0.2, 0) is 31.9 Å². The summed E-state index contributed by atoms with van der Waals surface area (Å²) in [6, 6.07) is 14.5. The third-order valence-electron chi connectivity index (χ3n) is 10.3. The second kappa shape index (κ2) is 10.7. The third-order valence-corrected chi connectivity index (χ3v) is 10.3. The molecule has 3 fully saturated rings. The Bertz CT molecular complexity index is 1950. The van der Waals surface area contributed by atoms with Crippen LogP contribution < -0.4 is 16.2 Å². The minimum absolute atomic E-state index is 0.0607. The number of pyridine rings is 1. The van der Waals surface area contributed by atoms with E-state index in [1.165, 1.54) is 36.2 Å². The number of anilines is 2. The normalized spacial score (nSPS) is 28.7. The molecule has 3 aliphatic heterocycles. The smallest absolute Gasteiger partial charge is 0.280 e. The van der Waals surface area contributed by atoms with E-state index < -0.39 is 28.3 Å². The van der Waals surface area contributed by atoms with Crippen LogP contribution in [0.4, 0.5) is 11.6 Å². The van der Waals surface area contributed by atoms with Crippen molar-refractivity contribution in [1.82, 2.24) is 20.0 Å². The van der Waals surface area contributed by atoms with Crippen molar-refractivity contribution in [2.45, 2.75) is 94.9 Å². The lowest BCUT2D eigenvalue weighted by molar-refractivity contribution is -0.242. The third kappa shape index (κ3) is 5.04. The first-order valence-electron chi connectivity index (χ1n) is 16.3. The topological polar surface area (TPSA) is 126 Å². The fourth-order valence-electron chi connectivity index (χ4n) is 8.26. The lowest BCUT2D eigenvalue weighted by Crippen LogP contribution is -2.46. The molecule has 3 saturated heterocycles. The summed E-state index contributed by atoms with van der Waals surface area (Å²) in [5, 5.41) is 3.54. The van der Waals surface area contributed by atoms with Gasteiger partial charge in [0.05, 0.1) is 23.7 Å². The molecule has 5 heterocycles. The molecule has 11 heteroatoms. The van der Waals surface area contributed by atoms with Crippen LogP contribution >= 0.6 is 0 Å². The number of rotatable bonds is 6. The summed E-state index contributed by atoms with van der Waals surface area (Å²) >= 11 is 0. The van der Waals surface area contributed by atoms with Gasteiger partial charge in [-0.25, -0.2) is 10.5 Å². The highest BCUT2D eigenvalue weighted by Gasteiger charge is 2.68. The maximum Gasteiger partial charge on any atom is 0.280 e. The molecule has 4 aliphatic rings. The van der Waals surface area contributed by atoms with Crippen LogP contribution in [0.3, 0.4) is 0 Å². The summed E-state index contributed by atoms with van der Waals surface area (Å²) in [5.41, 5.74) is 6.70. The highest BCUT2D eigenvalue weighted by molar-refractivity contribution is 5.96. The number of amides is 1. The molecular weight excluding hydrogens is 598 g/mol. The van der Waals surface area contributed by atoms with Crippen LogP contribution in [0.15, 0.2) is 59.7 Å². The molecular formula is C36H39N5O6. The molecule has 0 radical (unpaired) electrons. The Morgan fingerprint density at radius 2 is 1.68 bits per heavy atom. The highest BCUT2D eigenvalue weighted by atomic mass is 16.8. The first-order valence-corrected chi connectivity index (χ1v) is 16.3. The van der Waals surface area contributed by atoms with Gasteiger partial charge in [0.25, 0.3) is 5.91 Å². The predicted molar refractivity (Wildman–Crippen MR) is 175 cm³/mol. The Hall–Kier alpha value is -4.16. The molecule has 2 N–H and O–H groups in total. The number of aryl methyl sites for hydroxylation is 2. The molecule has 3 unspecified atom stereocenters. The number of ether oxygens (including phenoxy) is 3. The molecule has 0 saturated carbocycles. The van der Waals surface area contributed by atoms with Crippen molar-refractivity contribution >= 4 is 28.6 Å². The van der Waals surface area contributed by atoms with Gasteiger partial charge >= 0.3 is 0 Å². The molecule has 1 aliphatic carbocycles. The van der Waals surface area contributed by atoms with Gasteiger partial charge in [0, 0.05) is 23.8 Å². The maximum absolute atomic E-state index is 13.4. The zero-order valence-electron chi connectivity index (χ0n) is 27.3. The standard InChI is InChI=1S/C36H39N5O6/c1-34(2)45-29-30(46-34)36(4)17-23(16-35(29,3)47-36)21-9-12-24(13-10-21)38-33-37-18-26-28(42)27(32(43)40-44-5)19-41(31(26)39-33)25-14-11-20-7-6-8-22(20)15-25/h9-15,18-19,23,29-30H,6-8,16-17H2,1-5H3,(H,40,43)(H,37,38,39)/t23?,29?,30?,35-,36+. The quantitative estimate of drug-likeness (QED) is 0.273. The maximum atomic E-state index is 13.4. The summed E-state index contributed by atoms with van der Waals surface area (Å²) in [5.74, 6) is -0.618. The van der Waals surface area contributed by atoms with Crippen molar-refractivity contribution in [2.24, 2.45) is 0 Å². The van der Waals surface area contributed by atoms with Crippen molar-refractivity contribution < 1.29 is 23.8 Å². The monoisotopic (exact) mass is 637 g/mol. The van der Waals surface area contributed by atoms with E-state index in [0.717, 1.165) is 43.5 Å². The van der Waals surface area contributed by atoms with Gasteiger partial charge in [-0.3, -0.25) is 14.4 Å². The van der Waals surface area contributed by atoms with Crippen molar-refractivity contribution in [3.05, 3.63) is 87.3 Å². The van der Waals surface area contributed by atoms with Gasteiger partial charge in [-0.2, -0.15) is 4.98 Å². The van der Waals surface area contributed by atoms with Gasteiger partial charge in [-0.05, 0) is 107 Å². The van der Waals surface area contributed by atoms with Crippen molar-refractivity contribution in [2.75, 3.05) is 12.4 Å². The lowest BCUT2D eigenvalue weighted by Gasteiger charge is -2.43. The molecule has 244 valence electrons. The average molecular weight is 638 g/mol. The highest BCUT2D eigenvalue weighted by Crippen LogP contribution is 2.58. The summed E-state index contributed by atoms with van der Waals surface area (Å²) in [6.07, 6.45) is 7.62.